The molecule has 16 heavy (non-hydrogen) atoms. The summed E-state index contributed by atoms with van der Waals surface area (Å²) in [6, 6.07) is 7.66. The normalized spacial score (nSPS) is 10.9. The van der Waals surface area contributed by atoms with Gasteiger partial charge in [0, 0.05) is 12.1 Å². The van der Waals surface area contributed by atoms with Crippen molar-refractivity contribution in [3.63, 3.8) is 0 Å². The number of allylic oxidation sites excluding steroid dienone is 1. The highest BCUT2D eigenvalue weighted by atomic mass is 16.5. The van der Waals surface area contributed by atoms with Gasteiger partial charge in [0.05, 0.1) is 0 Å². The molecule has 0 saturated carbocycles. The Bertz CT molecular complexity index is 359. The first-order valence-corrected chi connectivity index (χ1v) is 5.22. The number of hydrogen-bond donors (Lipinski definition) is 0. The molecule has 0 fully saturated rings. The maximum absolute atomic E-state index is 10.3. The Morgan fingerprint density at radius 1 is 1.31 bits per heavy atom. The van der Waals surface area contributed by atoms with Gasteiger partial charge in [-0.3, -0.25) is 4.79 Å². The fourth-order valence-corrected chi connectivity index (χ4v) is 1.23. The van der Waals surface area contributed by atoms with Gasteiger partial charge in [0.2, 0.25) is 0 Å². The number of carbonyl (C=O) groups is 1. The summed E-state index contributed by atoms with van der Waals surface area (Å²) >= 11 is 0. The number of nitrogens with zero attached hydrogens (tertiary/aromatic N) is 1. The predicted octanol–water partition coefficient (Wildman–Crippen LogP) is 1.84. The Morgan fingerprint density at radius 2 is 2.06 bits per heavy atom. The molecule has 3 nitrogen and oxygen atoms in total. The van der Waals surface area contributed by atoms with E-state index in [2.05, 4.69) is 4.90 Å². The molecule has 0 atom stereocenters. The zero-order chi connectivity index (χ0) is 11.8. The van der Waals surface area contributed by atoms with Crippen molar-refractivity contribution >= 4 is 12.4 Å². The smallest absolute Gasteiger partial charge is 0.142 e. The van der Waals surface area contributed by atoms with Crippen LogP contribution in [0.2, 0.25) is 0 Å². The van der Waals surface area contributed by atoms with Crippen LogP contribution in [0.25, 0.3) is 6.08 Å². The van der Waals surface area contributed by atoms with Crippen molar-refractivity contribution in [1.82, 2.24) is 4.90 Å². The number of carbonyl (C=O) groups excluding carboxylic acids is 1. The van der Waals surface area contributed by atoms with Crippen molar-refractivity contribution < 1.29 is 9.53 Å². The van der Waals surface area contributed by atoms with Crippen LogP contribution < -0.4 is 4.74 Å². The summed E-state index contributed by atoms with van der Waals surface area (Å²) in [6.45, 7) is 1.50. The van der Waals surface area contributed by atoms with E-state index in [-0.39, 0.29) is 0 Å². The second-order valence-electron chi connectivity index (χ2n) is 3.68. The van der Waals surface area contributed by atoms with E-state index in [1.807, 2.05) is 38.4 Å². The third-order valence-corrected chi connectivity index (χ3v) is 2.07. The molecule has 1 aromatic carbocycles. The van der Waals surface area contributed by atoms with E-state index in [4.69, 9.17) is 4.74 Å². The molecule has 0 heterocycles. The number of benzene rings is 1. The van der Waals surface area contributed by atoms with Crippen LogP contribution in [0.3, 0.4) is 0 Å². The van der Waals surface area contributed by atoms with Crippen molar-refractivity contribution in [3.8, 4) is 5.75 Å². The molecular formula is C13H17NO2. The largest absolute Gasteiger partial charge is 0.492 e. The van der Waals surface area contributed by atoms with Gasteiger partial charge in [-0.2, -0.15) is 0 Å². The van der Waals surface area contributed by atoms with Gasteiger partial charge in [-0.15, -0.1) is 0 Å². The van der Waals surface area contributed by atoms with Crippen LogP contribution in [0.5, 0.6) is 5.75 Å². The minimum absolute atomic E-state index is 0.638. The molecule has 0 radical (unpaired) electrons. The van der Waals surface area contributed by atoms with E-state index in [0.717, 1.165) is 24.1 Å². The number of likely N-dealkylation sites (N-methyl/N-ethyl adjacent to an activating group) is 1. The molecule has 0 aliphatic carbocycles. The van der Waals surface area contributed by atoms with Crippen LogP contribution in [-0.4, -0.2) is 38.4 Å². The van der Waals surface area contributed by atoms with Crippen LogP contribution in [0, 0.1) is 0 Å². The fraction of sp³-hybridized carbons (Fsp3) is 0.308. The Labute approximate surface area is 96.3 Å². The highest BCUT2D eigenvalue weighted by Crippen LogP contribution is 2.19. The number of ether oxygens (including phenoxy) is 1. The van der Waals surface area contributed by atoms with E-state index >= 15 is 0 Å². The number of hydrogen-bond acceptors (Lipinski definition) is 3. The monoisotopic (exact) mass is 219 g/mol. The van der Waals surface area contributed by atoms with Gasteiger partial charge in [0.15, 0.2) is 0 Å². The first-order valence-electron chi connectivity index (χ1n) is 5.22. The average Bonchev–Trinajstić information content (AvgIpc) is 2.27. The molecular weight excluding hydrogens is 202 g/mol. The lowest BCUT2D eigenvalue weighted by atomic mass is 10.2. The second kappa shape index (κ2) is 6.80. The topological polar surface area (TPSA) is 29.5 Å². The molecule has 0 N–H and O–H groups in total. The molecule has 1 aromatic rings. The standard InChI is InChI=1S/C13H17NO2/c1-14(2)9-11-16-13-8-4-3-6-12(13)7-5-10-15/h3-8,10H,9,11H2,1-2H3/b7-5+. The number of para-hydroxylation sites is 1. The number of rotatable bonds is 6. The average molecular weight is 219 g/mol. The maximum atomic E-state index is 10.3. The summed E-state index contributed by atoms with van der Waals surface area (Å²) in [5.41, 5.74) is 0.924. The predicted molar refractivity (Wildman–Crippen MR) is 65.6 cm³/mol. The summed E-state index contributed by atoms with van der Waals surface area (Å²) in [5, 5.41) is 0. The van der Waals surface area contributed by atoms with Gasteiger partial charge in [-0.05, 0) is 32.3 Å². The minimum atomic E-state index is 0.638. The molecule has 0 amide bonds. The van der Waals surface area contributed by atoms with E-state index in [9.17, 15) is 4.79 Å². The van der Waals surface area contributed by atoms with Crippen molar-refractivity contribution in [2.75, 3.05) is 27.2 Å². The highest BCUT2D eigenvalue weighted by molar-refractivity contribution is 5.75. The molecule has 86 valence electrons. The lowest BCUT2D eigenvalue weighted by molar-refractivity contribution is -0.104. The van der Waals surface area contributed by atoms with Crippen molar-refractivity contribution in [2.45, 2.75) is 0 Å². The van der Waals surface area contributed by atoms with E-state index in [1.165, 1.54) is 6.08 Å². The summed E-state index contributed by atoms with van der Waals surface area (Å²) in [5.74, 6) is 0.808. The summed E-state index contributed by atoms with van der Waals surface area (Å²) in [7, 11) is 4.00. The molecule has 0 aliphatic heterocycles. The quantitative estimate of drug-likeness (QED) is 0.540. The van der Waals surface area contributed by atoms with Gasteiger partial charge < -0.3 is 9.64 Å². The molecule has 0 saturated heterocycles. The molecule has 3 heteroatoms. The Morgan fingerprint density at radius 3 is 2.75 bits per heavy atom. The van der Waals surface area contributed by atoms with Crippen LogP contribution in [0.4, 0.5) is 0 Å². The first kappa shape index (κ1) is 12.5. The fourth-order valence-electron chi connectivity index (χ4n) is 1.23. The van der Waals surface area contributed by atoms with Gasteiger partial charge in [-0.1, -0.05) is 18.2 Å². The van der Waals surface area contributed by atoms with Crippen LogP contribution in [0.15, 0.2) is 30.3 Å². The Balaban J connectivity index is 2.63. The summed E-state index contributed by atoms with van der Waals surface area (Å²) < 4.78 is 5.64. The van der Waals surface area contributed by atoms with Crippen molar-refractivity contribution in [3.05, 3.63) is 35.9 Å². The molecule has 1 rings (SSSR count). The van der Waals surface area contributed by atoms with Gasteiger partial charge in [-0.25, -0.2) is 0 Å². The van der Waals surface area contributed by atoms with Crippen molar-refractivity contribution in [2.24, 2.45) is 0 Å². The van der Waals surface area contributed by atoms with E-state index in [1.54, 1.807) is 6.08 Å². The van der Waals surface area contributed by atoms with E-state index < -0.39 is 0 Å². The molecule has 0 aromatic heterocycles. The van der Waals surface area contributed by atoms with Crippen LogP contribution in [-0.2, 0) is 4.79 Å². The van der Waals surface area contributed by atoms with Crippen molar-refractivity contribution in [1.29, 1.82) is 0 Å². The van der Waals surface area contributed by atoms with Crippen LogP contribution in [0.1, 0.15) is 5.56 Å². The lowest BCUT2D eigenvalue weighted by Gasteiger charge is -2.12. The molecule has 0 spiro atoms. The van der Waals surface area contributed by atoms with E-state index in [0.29, 0.717) is 6.61 Å². The zero-order valence-electron chi connectivity index (χ0n) is 9.72. The Hall–Kier alpha value is -1.61. The van der Waals surface area contributed by atoms with Gasteiger partial charge in [0.1, 0.15) is 18.6 Å². The molecule has 0 bridgehead atoms. The SMILES string of the molecule is CN(C)CCOc1ccccc1/C=C/C=O. The highest BCUT2D eigenvalue weighted by Gasteiger charge is 1.99. The first-order chi connectivity index (χ1) is 7.74. The van der Waals surface area contributed by atoms with Crippen LogP contribution >= 0.6 is 0 Å². The summed E-state index contributed by atoms with van der Waals surface area (Å²) in [6.07, 6.45) is 3.97. The minimum Gasteiger partial charge on any atom is -0.492 e. The lowest BCUT2D eigenvalue weighted by Crippen LogP contribution is -2.19. The zero-order valence-corrected chi connectivity index (χ0v) is 9.72. The van der Waals surface area contributed by atoms with Gasteiger partial charge in [0.25, 0.3) is 0 Å². The third kappa shape index (κ3) is 4.28. The molecule has 0 aliphatic rings. The maximum Gasteiger partial charge on any atom is 0.142 e. The third-order valence-electron chi connectivity index (χ3n) is 2.07. The van der Waals surface area contributed by atoms with Gasteiger partial charge >= 0.3 is 0 Å². The number of aldehydes is 1. The molecule has 0 unspecified atom stereocenters. The second-order valence-corrected chi connectivity index (χ2v) is 3.68. The Kier molecular flexibility index (Phi) is 5.29. The summed E-state index contributed by atoms with van der Waals surface area (Å²) in [4.78, 5) is 12.3.